The number of hydrogen-bond donors (Lipinski definition) is 1. The van der Waals surface area contributed by atoms with Crippen molar-refractivity contribution in [3.63, 3.8) is 0 Å². The second-order valence-corrected chi connectivity index (χ2v) is 7.72. The summed E-state index contributed by atoms with van der Waals surface area (Å²) < 4.78 is 12.9. The van der Waals surface area contributed by atoms with E-state index in [4.69, 9.17) is 9.47 Å². The highest BCUT2D eigenvalue weighted by Crippen LogP contribution is 2.27. The number of nitrogens with zero attached hydrogens (tertiary/aromatic N) is 5. The van der Waals surface area contributed by atoms with Crippen molar-refractivity contribution in [1.29, 1.82) is 0 Å². The minimum atomic E-state index is 0.222. The first-order valence-electron chi connectivity index (χ1n) is 10.3. The molecule has 8 nitrogen and oxygen atoms in total. The molecule has 2 atom stereocenters. The first-order chi connectivity index (χ1) is 14.3. The van der Waals surface area contributed by atoms with Crippen molar-refractivity contribution in [2.75, 3.05) is 38.7 Å². The molecule has 3 aromatic rings. The van der Waals surface area contributed by atoms with Gasteiger partial charge in [-0.1, -0.05) is 6.42 Å². The van der Waals surface area contributed by atoms with Crippen molar-refractivity contribution in [1.82, 2.24) is 24.7 Å². The van der Waals surface area contributed by atoms with E-state index in [1.54, 1.807) is 18.0 Å². The molecule has 0 bridgehead atoms. The van der Waals surface area contributed by atoms with E-state index < -0.39 is 0 Å². The number of piperidine rings is 1. The van der Waals surface area contributed by atoms with Crippen molar-refractivity contribution in [2.24, 2.45) is 0 Å². The lowest BCUT2D eigenvalue weighted by atomic mass is 10.0. The molecule has 4 heterocycles. The number of nitrogens with one attached hydrogen (secondary N) is 1. The first kappa shape index (κ1) is 18.3. The molecule has 2 aliphatic heterocycles. The molecule has 0 spiro atoms. The van der Waals surface area contributed by atoms with E-state index in [1.165, 1.54) is 19.3 Å². The van der Waals surface area contributed by atoms with E-state index in [0.717, 1.165) is 48.0 Å². The van der Waals surface area contributed by atoms with E-state index in [0.29, 0.717) is 12.6 Å². The quantitative estimate of drug-likeness (QED) is 0.712. The van der Waals surface area contributed by atoms with E-state index in [2.05, 4.69) is 31.6 Å². The zero-order valence-electron chi connectivity index (χ0n) is 16.6. The van der Waals surface area contributed by atoms with Crippen molar-refractivity contribution in [3.05, 3.63) is 36.7 Å². The second kappa shape index (κ2) is 7.96. The van der Waals surface area contributed by atoms with Gasteiger partial charge in [-0.25, -0.2) is 0 Å². The molecule has 0 amide bonds. The van der Waals surface area contributed by atoms with Crippen molar-refractivity contribution < 1.29 is 9.47 Å². The molecule has 0 radical (unpaired) electrons. The predicted molar refractivity (Wildman–Crippen MR) is 110 cm³/mol. The smallest absolute Gasteiger partial charge is 0.200 e. The van der Waals surface area contributed by atoms with Crippen LogP contribution in [0.2, 0.25) is 0 Å². The lowest BCUT2D eigenvalue weighted by molar-refractivity contribution is 0.127. The monoisotopic (exact) mass is 394 g/mol. The maximum atomic E-state index is 5.85. The number of ether oxygens (including phenoxy) is 2. The summed E-state index contributed by atoms with van der Waals surface area (Å²) in [4.78, 5) is 2.57. The number of methoxy groups -OCH3 is 1. The number of anilines is 1. The molecule has 5 rings (SSSR count). The molecular weight excluding hydrogens is 368 g/mol. The number of likely N-dealkylation sites (tertiary alicyclic amines) is 1. The molecule has 2 aromatic heterocycles. The van der Waals surface area contributed by atoms with Gasteiger partial charge in [-0.05, 0) is 56.3 Å². The third-order valence-electron chi connectivity index (χ3n) is 5.90. The molecule has 0 saturated carbocycles. The van der Waals surface area contributed by atoms with Crippen LogP contribution in [0.3, 0.4) is 0 Å². The Labute approximate surface area is 169 Å². The van der Waals surface area contributed by atoms with Crippen LogP contribution < -0.4 is 10.1 Å². The summed E-state index contributed by atoms with van der Waals surface area (Å²) in [6.07, 6.45) is 5.52. The van der Waals surface area contributed by atoms with Crippen LogP contribution in [-0.4, -0.2) is 70.2 Å². The van der Waals surface area contributed by atoms with Gasteiger partial charge in [0.05, 0.1) is 43.8 Å². The lowest BCUT2D eigenvalue weighted by Gasteiger charge is -2.35. The summed E-state index contributed by atoms with van der Waals surface area (Å²) in [6.45, 7) is 3.78. The molecule has 0 unspecified atom stereocenters. The van der Waals surface area contributed by atoms with E-state index in [-0.39, 0.29) is 6.04 Å². The van der Waals surface area contributed by atoms with Gasteiger partial charge < -0.3 is 14.8 Å². The Morgan fingerprint density at radius 2 is 1.93 bits per heavy atom. The van der Waals surface area contributed by atoms with Crippen LogP contribution >= 0.6 is 0 Å². The number of hydrogen-bond acceptors (Lipinski definition) is 7. The van der Waals surface area contributed by atoms with Gasteiger partial charge >= 0.3 is 0 Å². The fourth-order valence-corrected chi connectivity index (χ4v) is 4.33. The number of benzene rings is 1. The summed E-state index contributed by atoms with van der Waals surface area (Å²) in [5.74, 6) is 0.824. The largest absolute Gasteiger partial charge is 0.497 e. The Morgan fingerprint density at radius 1 is 1.10 bits per heavy atom. The average Bonchev–Trinajstić information content (AvgIpc) is 3.44. The van der Waals surface area contributed by atoms with Crippen LogP contribution in [-0.2, 0) is 4.74 Å². The Kier molecular flexibility index (Phi) is 5.03. The number of fused-ring (bicyclic) bond motifs is 1. The molecule has 152 valence electrons. The topological polar surface area (TPSA) is 76.8 Å². The highest BCUT2D eigenvalue weighted by Gasteiger charge is 2.34. The van der Waals surface area contributed by atoms with Crippen LogP contribution in [0.4, 0.5) is 5.69 Å². The highest BCUT2D eigenvalue weighted by molar-refractivity contribution is 5.73. The number of aromatic nitrogens is 4. The maximum Gasteiger partial charge on any atom is 0.200 e. The third kappa shape index (κ3) is 3.65. The maximum absolute atomic E-state index is 5.85. The van der Waals surface area contributed by atoms with Crippen molar-refractivity contribution in [2.45, 2.75) is 31.3 Å². The summed E-state index contributed by atoms with van der Waals surface area (Å²) in [6, 6.07) is 10.6. The first-order valence-corrected chi connectivity index (χ1v) is 10.3. The fourth-order valence-electron chi connectivity index (χ4n) is 4.33. The third-order valence-corrected chi connectivity index (χ3v) is 5.90. The van der Waals surface area contributed by atoms with Gasteiger partial charge in [-0.2, -0.15) is 9.61 Å². The number of rotatable bonds is 5. The van der Waals surface area contributed by atoms with Crippen molar-refractivity contribution in [3.8, 4) is 17.0 Å². The summed E-state index contributed by atoms with van der Waals surface area (Å²) in [5.41, 5.74) is 3.53. The molecule has 2 saturated heterocycles. The molecule has 1 N–H and O–H groups in total. The zero-order chi connectivity index (χ0) is 19.6. The van der Waals surface area contributed by atoms with Gasteiger partial charge in [0, 0.05) is 5.56 Å². The highest BCUT2D eigenvalue weighted by atomic mass is 16.5. The van der Waals surface area contributed by atoms with Gasteiger partial charge in [-0.3, -0.25) is 4.90 Å². The summed E-state index contributed by atoms with van der Waals surface area (Å²) in [5, 5.41) is 16.7. The Hall–Kier alpha value is -2.71. The molecular formula is C21H26N6O2. The molecule has 0 aliphatic carbocycles. The van der Waals surface area contributed by atoms with Crippen molar-refractivity contribution >= 4 is 11.3 Å². The lowest BCUT2D eigenvalue weighted by Crippen LogP contribution is -2.48. The summed E-state index contributed by atoms with van der Waals surface area (Å²) in [7, 11) is 1.67. The van der Waals surface area contributed by atoms with E-state index >= 15 is 0 Å². The average molecular weight is 394 g/mol. The normalized spacial score (nSPS) is 22.8. The van der Waals surface area contributed by atoms with E-state index in [1.807, 2.05) is 24.3 Å². The second-order valence-electron chi connectivity index (χ2n) is 7.72. The SMILES string of the molecule is COc1ccc(-c2cc(N[C@H]3COC[C@@H]3N3CCCCC3)c3nncn3n2)cc1. The van der Waals surface area contributed by atoms with Gasteiger partial charge in [0.2, 0.25) is 5.65 Å². The Balaban J connectivity index is 1.45. The predicted octanol–water partition coefficient (Wildman–Crippen LogP) is 2.47. The fraction of sp³-hybridized carbons (Fsp3) is 0.476. The zero-order valence-corrected chi connectivity index (χ0v) is 16.6. The minimum Gasteiger partial charge on any atom is -0.497 e. The molecule has 2 aliphatic rings. The molecule has 29 heavy (non-hydrogen) atoms. The van der Waals surface area contributed by atoms with Crippen LogP contribution in [0.5, 0.6) is 5.75 Å². The van der Waals surface area contributed by atoms with Crippen LogP contribution in [0.1, 0.15) is 19.3 Å². The van der Waals surface area contributed by atoms with Crippen LogP contribution in [0, 0.1) is 0 Å². The van der Waals surface area contributed by atoms with Gasteiger partial charge in [-0.15, -0.1) is 10.2 Å². The van der Waals surface area contributed by atoms with Gasteiger partial charge in [0.1, 0.15) is 12.1 Å². The Bertz CT molecular complexity index is 967. The molecule has 1 aromatic carbocycles. The van der Waals surface area contributed by atoms with Gasteiger partial charge in [0.15, 0.2) is 0 Å². The standard InChI is InChI=1S/C21H26N6O2/c1-28-16-7-5-15(6-8-16)17-11-18(21-24-22-14-27(21)25-17)23-19-12-29-13-20(19)26-9-3-2-4-10-26/h5-8,11,14,19-20,23H,2-4,9-10,12-13H2,1H3/t19-,20-/m0/s1. The van der Waals surface area contributed by atoms with Crippen LogP contribution in [0.15, 0.2) is 36.7 Å². The van der Waals surface area contributed by atoms with Gasteiger partial charge in [0.25, 0.3) is 0 Å². The molecule has 8 heteroatoms. The minimum absolute atomic E-state index is 0.222. The Morgan fingerprint density at radius 3 is 2.72 bits per heavy atom. The van der Waals surface area contributed by atoms with E-state index in [9.17, 15) is 0 Å². The summed E-state index contributed by atoms with van der Waals surface area (Å²) >= 11 is 0. The molecule has 2 fully saturated rings. The van der Waals surface area contributed by atoms with Crippen LogP contribution in [0.25, 0.3) is 16.9 Å².